The summed E-state index contributed by atoms with van der Waals surface area (Å²) in [6.07, 6.45) is 1.26. The Kier molecular flexibility index (Phi) is 5.10. The molecule has 2 rings (SSSR count). The molecular weight excluding hydrogens is 262 g/mol. The summed E-state index contributed by atoms with van der Waals surface area (Å²) in [4.78, 5) is 11.9. The van der Waals surface area contributed by atoms with Gasteiger partial charge >= 0.3 is 0 Å². The van der Waals surface area contributed by atoms with Gasteiger partial charge in [0.15, 0.2) is 17.3 Å². The van der Waals surface area contributed by atoms with Crippen molar-refractivity contribution in [2.75, 3.05) is 32.2 Å². The van der Waals surface area contributed by atoms with E-state index in [2.05, 4.69) is 5.32 Å². The highest BCUT2D eigenvalue weighted by Crippen LogP contribution is 2.31. The second-order valence-corrected chi connectivity index (χ2v) is 5.57. The van der Waals surface area contributed by atoms with Gasteiger partial charge in [0.05, 0.1) is 13.7 Å². The first-order chi connectivity index (χ1) is 9.24. The molecule has 1 saturated heterocycles. The number of carbonyl (C=O) groups excluding carboxylic acids is 1. The van der Waals surface area contributed by atoms with Crippen molar-refractivity contribution in [2.24, 2.45) is 0 Å². The van der Waals surface area contributed by atoms with Crippen LogP contribution >= 0.6 is 11.8 Å². The Morgan fingerprint density at radius 3 is 2.95 bits per heavy atom. The highest BCUT2D eigenvalue weighted by Gasteiger charge is 2.19. The molecule has 0 spiro atoms. The maximum atomic E-state index is 11.9. The van der Waals surface area contributed by atoms with Crippen LogP contribution in [0.1, 0.15) is 16.8 Å². The number of ketones is 1. The van der Waals surface area contributed by atoms with E-state index in [9.17, 15) is 4.79 Å². The zero-order chi connectivity index (χ0) is 13.7. The highest BCUT2D eigenvalue weighted by atomic mass is 32.2. The van der Waals surface area contributed by atoms with Gasteiger partial charge < -0.3 is 14.8 Å². The molecule has 0 radical (unpaired) electrons. The Morgan fingerprint density at radius 1 is 1.47 bits per heavy atom. The van der Waals surface area contributed by atoms with E-state index in [0.717, 1.165) is 17.9 Å². The smallest absolute Gasteiger partial charge is 0.176 e. The molecule has 1 heterocycles. The number of likely N-dealkylation sites (N-methyl/N-ethyl adjacent to an activating group) is 1. The van der Waals surface area contributed by atoms with E-state index in [0.29, 0.717) is 23.6 Å². The number of benzene rings is 1. The van der Waals surface area contributed by atoms with Gasteiger partial charge in [-0.1, -0.05) is 0 Å². The van der Waals surface area contributed by atoms with Crippen LogP contribution in [-0.4, -0.2) is 44.1 Å². The first-order valence-electron chi connectivity index (χ1n) is 6.35. The minimum Gasteiger partial charge on any atom is -0.493 e. The van der Waals surface area contributed by atoms with Gasteiger partial charge in [0.1, 0.15) is 6.10 Å². The third-order valence-electron chi connectivity index (χ3n) is 3.00. The Hall–Kier alpha value is -1.20. The lowest BCUT2D eigenvalue weighted by Crippen LogP contribution is -2.19. The van der Waals surface area contributed by atoms with Crippen molar-refractivity contribution in [1.82, 2.24) is 5.32 Å². The lowest BCUT2D eigenvalue weighted by molar-refractivity contribution is 0.0992. The fraction of sp³-hybridized carbons (Fsp3) is 0.500. The summed E-state index contributed by atoms with van der Waals surface area (Å²) in [6, 6.07) is 5.34. The largest absolute Gasteiger partial charge is 0.493 e. The first kappa shape index (κ1) is 14.2. The lowest BCUT2D eigenvalue weighted by atomic mass is 10.1. The van der Waals surface area contributed by atoms with E-state index in [4.69, 9.17) is 9.47 Å². The summed E-state index contributed by atoms with van der Waals surface area (Å²) < 4.78 is 11.2. The average molecular weight is 281 g/mol. The predicted octanol–water partition coefficient (Wildman–Crippen LogP) is 1.98. The summed E-state index contributed by atoms with van der Waals surface area (Å²) in [6.45, 7) is 0.324. The van der Waals surface area contributed by atoms with Crippen LogP contribution in [0, 0.1) is 0 Å². The number of nitrogens with one attached hydrogen (secondary N) is 1. The quantitative estimate of drug-likeness (QED) is 0.808. The molecule has 1 aromatic carbocycles. The Bertz CT molecular complexity index is 444. The Morgan fingerprint density at radius 2 is 2.32 bits per heavy atom. The molecule has 0 aromatic heterocycles. The van der Waals surface area contributed by atoms with Crippen LogP contribution in [0.2, 0.25) is 0 Å². The Balaban J connectivity index is 2.17. The molecule has 0 bridgehead atoms. The van der Waals surface area contributed by atoms with E-state index in [1.165, 1.54) is 0 Å². The molecule has 1 N–H and O–H groups in total. The number of hydrogen-bond acceptors (Lipinski definition) is 5. The number of carbonyl (C=O) groups is 1. The van der Waals surface area contributed by atoms with Crippen LogP contribution in [0.5, 0.6) is 11.5 Å². The van der Waals surface area contributed by atoms with Crippen molar-refractivity contribution >= 4 is 17.5 Å². The van der Waals surface area contributed by atoms with Crippen molar-refractivity contribution in [3.05, 3.63) is 23.8 Å². The van der Waals surface area contributed by atoms with Crippen molar-refractivity contribution < 1.29 is 14.3 Å². The fourth-order valence-corrected chi connectivity index (χ4v) is 3.08. The van der Waals surface area contributed by atoms with Gasteiger partial charge in [-0.05, 0) is 37.4 Å². The zero-order valence-electron chi connectivity index (χ0n) is 11.3. The first-order valence-corrected chi connectivity index (χ1v) is 7.50. The van der Waals surface area contributed by atoms with Gasteiger partial charge in [0.2, 0.25) is 0 Å². The van der Waals surface area contributed by atoms with Gasteiger partial charge in [-0.2, -0.15) is 11.8 Å². The topological polar surface area (TPSA) is 47.6 Å². The molecule has 0 amide bonds. The number of rotatable bonds is 6. The van der Waals surface area contributed by atoms with Crippen LogP contribution < -0.4 is 14.8 Å². The highest BCUT2D eigenvalue weighted by molar-refractivity contribution is 7.99. The predicted molar refractivity (Wildman–Crippen MR) is 77.6 cm³/mol. The van der Waals surface area contributed by atoms with Gasteiger partial charge in [-0.3, -0.25) is 4.79 Å². The third-order valence-corrected chi connectivity index (χ3v) is 4.14. The summed E-state index contributed by atoms with van der Waals surface area (Å²) in [7, 11) is 3.37. The molecule has 5 heteroatoms. The van der Waals surface area contributed by atoms with Crippen molar-refractivity contribution in [3.8, 4) is 11.5 Å². The van der Waals surface area contributed by atoms with E-state index in [-0.39, 0.29) is 11.9 Å². The number of hydrogen-bond donors (Lipinski definition) is 1. The number of Topliss-reactive ketones (excluding diaryl/α,β-unsaturated/α-hetero) is 1. The van der Waals surface area contributed by atoms with Gasteiger partial charge in [0, 0.05) is 11.3 Å². The lowest BCUT2D eigenvalue weighted by Gasteiger charge is -2.16. The van der Waals surface area contributed by atoms with E-state index < -0.39 is 0 Å². The second-order valence-electron chi connectivity index (χ2n) is 4.42. The number of thioether (sulfide) groups is 1. The maximum absolute atomic E-state index is 11.9. The molecular formula is C14H19NO3S. The molecule has 4 nitrogen and oxygen atoms in total. The van der Waals surface area contributed by atoms with E-state index >= 15 is 0 Å². The van der Waals surface area contributed by atoms with Crippen LogP contribution in [0.3, 0.4) is 0 Å². The zero-order valence-corrected chi connectivity index (χ0v) is 12.1. The average Bonchev–Trinajstić information content (AvgIpc) is 2.92. The molecule has 1 atom stereocenters. The summed E-state index contributed by atoms with van der Waals surface area (Å²) in [5, 5.41) is 2.86. The molecule has 1 fully saturated rings. The molecule has 0 saturated carbocycles. The summed E-state index contributed by atoms with van der Waals surface area (Å²) in [5.74, 6) is 3.52. The standard InChI is InChI=1S/C14H19NO3S/c1-15-8-12(16)10-3-4-13(17-2)14(7-10)18-11-5-6-19-9-11/h3-4,7,11,15H,5-6,8-9H2,1-2H3. The van der Waals surface area contributed by atoms with Crippen molar-refractivity contribution in [2.45, 2.75) is 12.5 Å². The molecule has 1 aliphatic heterocycles. The molecule has 104 valence electrons. The molecule has 1 aliphatic rings. The fourth-order valence-electron chi connectivity index (χ4n) is 1.99. The van der Waals surface area contributed by atoms with Gasteiger partial charge in [0.25, 0.3) is 0 Å². The van der Waals surface area contributed by atoms with Crippen LogP contribution in [0.15, 0.2) is 18.2 Å². The minimum atomic E-state index is 0.0517. The molecule has 1 aromatic rings. The van der Waals surface area contributed by atoms with Crippen molar-refractivity contribution in [3.63, 3.8) is 0 Å². The van der Waals surface area contributed by atoms with Gasteiger partial charge in [-0.25, -0.2) is 0 Å². The summed E-state index contributed by atoms with van der Waals surface area (Å²) in [5.41, 5.74) is 0.649. The minimum absolute atomic E-state index is 0.0517. The van der Waals surface area contributed by atoms with E-state index in [1.807, 2.05) is 11.8 Å². The van der Waals surface area contributed by atoms with Crippen LogP contribution in [0.25, 0.3) is 0 Å². The monoisotopic (exact) mass is 281 g/mol. The Labute approximate surface area is 117 Å². The van der Waals surface area contributed by atoms with Gasteiger partial charge in [-0.15, -0.1) is 0 Å². The number of ether oxygens (including phenoxy) is 2. The molecule has 0 aliphatic carbocycles. The molecule has 1 unspecified atom stereocenters. The van der Waals surface area contributed by atoms with Crippen molar-refractivity contribution in [1.29, 1.82) is 0 Å². The SMILES string of the molecule is CNCC(=O)c1ccc(OC)c(OC2CCSC2)c1. The summed E-state index contributed by atoms with van der Waals surface area (Å²) >= 11 is 1.89. The normalized spacial score (nSPS) is 18.3. The maximum Gasteiger partial charge on any atom is 0.176 e. The molecule has 19 heavy (non-hydrogen) atoms. The second kappa shape index (κ2) is 6.82. The van der Waals surface area contributed by atoms with Crippen LogP contribution in [-0.2, 0) is 0 Å². The number of methoxy groups -OCH3 is 1. The van der Waals surface area contributed by atoms with E-state index in [1.54, 1.807) is 32.4 Å². The van der Waals surface area contributed by atoms with Crippen LogP contribution in [0.4, 0.5) is 0 Å². The third kappa shape index (κ3) is 3.64.